The Balaban J connectivity index is 1.88. The second-order valence-corrected chi connectivity index (χ2v) is 5.13. The van der Waals surface area contributed by atoms with Gasteiger partial charge in [-0.25, -0.2) is 9.97 Å². The Morgan fingerprint density at radius 3 is 2.70 bits per heavy atom. The predicted octanol–water partition coefficient (Wildman–Crippen LogP) is 2.87. The molecule has 114 valence electrons. The molecule has 2 aromatic heterocycles. The maximum Gasteiger partial charge on any atom is 0.278 e. The van der Waals surface area contributed by atoms with Gasteiger partial charge in [0.2, 0.25) is 0 Å². The summed E-state index contributed by atoms with van der Waals surface area (Å²) < 4.78 is 5.48. The van der Waals surface area contributed by atoms with E-state index in [1.807, 2.05) is 49.4 Å². The summed E-state index contributed by atoms with van der Waals surface area (Å²) in [6.07, 6.45) is 0. The van der Waals surface area contributed by atoms with Crippen molar-refractivity contribution in [2.75, 3.05) is 6.61 Å². The number of aromatic amines is 2. The molecule has 0 saturated carbocycles. The first-order valence-electron chi connectivity index (χ1n) is 7.36. The molecular weight excluding hydrogens is 292 g/mol. The highest BCUT2D eigenvalue weighted by molar-refractivity contribution is 5.81. The van der Waals surface area contributed by atoms with E-state index < -0.39 is 0 Å². The summed E-state index contributed by atoms with van der Waals surface area (Å²) >= 11 is 0. The van der Waals surface area contributed by atoms with E-state index in [0.717, 1.165) is 22.3 Å². The molecule has 0 atom stereocenters. The normalized spacial score (nSPS) is 11.2. The van der Waals surface area contributed by atoms with Crippen molar-refractivity contribution in [3.8, 4) is 17.3 Å². The molecule has 4 rings (SSSR count). The number of rotatable bonds is 3. The number of H-pyrrole nitrogens is 2. The van der Waals surface area contributed by atoms with E-state index in [2.05, 4.69) is 19.9 Å². The Kier molecular flexibility index (Phi) is 3.08. The molecule has 23 heavy (non-hydrogen) atoms. The van der Waals surface area contributed by atoms with Crippen LogP contribution in [0.2, 0.25) is 0 Å². The van der Waals surface area contributed by atoms with E-state index >= 15 is 0 Å². The highest BCUT2D eigenvalue weighted by Gasteiger charge is 2.12. The van der Waals surface area contributed by atoms with Gasteiger partial charge in [-0.2, -0.15) is 0 Å². The molecule has 6 nitrogen and oxygen atoms in total. The number of nitrogens with zero attached hydrogens (tertiary/aromatic N) is 2. The minimum Gasteiger partial charge on any atom is -0.494 e. The maximum atomic E-state index is 12.3. The second kappa shape index (κ2) is 5.24. The number of nitrogens with one attached hydrogen (secondary N) is 2. The summed E-state index contributed by atoms with van der Waals surface area (Å²) in [6, 6.07) is 13.0. The number of aromatic nitrogens is 4. The van der Waals surface area contributed by atoms with Crippen molar-refractivity contribution in [1.82, 2.24) is 19.9 Å². The van der Waals surface area contributed by atoms with Gasteiger partial charge in [-0.3, -0.25) is 4.79 Å². The largest absolute Gasteiger partial charge is 0.494 e. The fourth-order valence-electron chi connectivity index (χ4n) is 2.55. The van der Waals surface area contributed by atoms with Gasteiger partial charge in [-0.1, -0.05) is 12.1 Å². The second-order valence-electron chi connectivity index (χ2n) is 5.13. The van der Waals surface area contributed by atoms with Crippen LogP contribution in [0.5, 0.6) is 5.75 Å². The zero-order valence-electron chi connectivity index (χ0n) is 12.5. The summed E-state index contributed by atoms with van der Waals surface area (Å²) in [5.41, 5.74) is 3.00. The van der Waals surface area contributed by atoms with Gasteiger partial charge in [0, 0.05) is 6.07 Å². The van der Waals surface area contributed by atoms with Gasteiger partial charge in [-0.15, -0.1) is 0 Å². The number of fused-ring (bicyclic) bond motifs is 2. The van der Waals surface area contributed by atoms with Crippen LogP contribution in [0.25, 0.3) is 33.6 Å². The molecule has 0 spiro atoms. The lowest BCUT2D eigenvalue weighted by molar-refractivity contribution is 0.340. The molecule has 0 radical (unpaired) electrons. The number of para-hydroxylation sites is 2. The first-order chi connectivity index (χ1) is 11.2. The molecule has 0 saturated heterocycles. The van der Waals surface area contributed by atoms with Gasteiger partial charge in [-0.05, 0) is 31.2 Å². The highest BCUT2D eigenvalue weighted by atomic mass is 16.5. The average Bonchev–Trinajstić information content (AvgIpc) is 2.97. The van der Waals surface area contributed by atoms with Gasteiger partial charge < -0.3 is 14.7 Å². The van der Waals surface area contributed by atoms with E-state index in [9.17, 15) is 4.79 Å². The summed E-state index contributed by atoms with van der Waals surface area (Å²) in [6.45, 7) is 2.53. The molecule has 2 aromatic carbocycles. The average molecular weight is 306 g/mol. The Morgan fingerprint density at radius 1 is 1.00 bits per heavy atom. The van der Waals surface area contributed by atoms with Crippen molar-refractivity contribution < 1.29 is 4.74 Å². The molecule has 0 fully saturated rings. The molecule has 0 amide bonds. The van der Waals surface area contributed by atoms with Crippen molar-refractivity contribution in [3.63, 3.8) is 0 Å². The van der Waals surface area contributed by atoms with Crippen LogP contribution in [-0.2, 0) is 0 Å². The molecule has 2 N–H and O–H groups in total. The van der Waals surface area contributed by atoms with Crippen LogP contribution in [0.15, 0.2) is 47.3 Å². The van der Waals surface area contributed by atoms with E-state index in [4.69, 9.17) is 4.74 Å². The van der Waals surface area contributed by atoms with Crippen molar-refractivity contribution >= 4 is 22.1 Å². The molecule has 0 aliphatic heterocycles. The van der Waals surface area contributed by atoms with Crippen molar-refractivity contribution in [2.24, 2.45) is 0 Å². The summed E-state index contributed by atoms with van der Waals surface area (Å²) in [4.78, 5) is 27.1. The van der Waals surface area contributed by atoms with Gasteiger partial charge in [0.05, 0.1) is 28.7 Å². The Morgan fingerprint density at radius 2 is 1.83 bits per heavy atom. The van der Waals surface area contributed by atoms with Crippen molar-refractivity contribution in [2.45, 2.75) is 6.92 Å². The third-order valence-corrected chi connectivity index (χ3v) is 3.59. The number of imidazole rings is 1. The fraction of sp³-hybridized carbons (Fsp3) is 0.118. The lowest BCUT2D eigenvalue weighted by Gasteiger charge is -2.00. The summed E-state index contributed by atoms with van der Waals surface area (Å²) in [5.74, 6) is 1.20. The predicted molar refractivity (Wildman–Crippen MR) is 88.6 cm³/mol. The zero-order chi connectivity index (χ0) is 15.8. The Labute approximate surface area is 131 Å². The number of benzene rings is 2. The van der Waals surface area contributed by atoms with Crippen LogP contribution >= 0.6 is 0 Å². The molecule has 0 unspecified atom stereocenters. The standard InChI is InChI=1S/C17H14N4O2/c1-2-23-10-7-8-13-14(9-10)20-16(19-13)15-17(22)21-12-6-4-3-5-11(12)18-15/h3-9H,2H2,1H3,(H,19,20)(H,21,22). The lowest BCUT2D eigenvalue weighted by atomic mass is 10.3. The van der Waals surface area contributed by atoms with Crippen LogP contribution in [0.4, 0.5) is 0 Å². The maximum absolute atomic E-state index is 12.3. The molecule has 0 bridgehead atoms. The zero-order valence-corrected chi connectivity index (χ0v) is 12.5. The third-order valence-electron chi connectivity index (χ3n) is 3.59. The lowest BCUT2D eigenvalue weighted by Crippen LogP contribution is -2.12. The quantitative estimate of drug-likeness (QED) is 0.609. The Hall–Kier alpha value is -3.15. The molecular formula is C17H14N4O2. The monoisotopic (exact) mass is 306 g/mol. The minimum atomic E-state index is -0.271. The first-order valence-corrected chi connectivity index (χ1v) is 7.36. The van der Waals surface area contributed by atoms with Crippen LogP contribution in [0, 0.1) is 0 Å². The number of hydrogen-bond donors (Lipinski definition) is 2. The van der Waals surface area contributed by atoms with Crippen molar-refractivity contribution in [3.05, 3.63) is 52.8 Å². The third kappa shape index (κ3) is 2.34. The van der Waals surface area contributed by atoms with Crippen molar-refractivity contribution in [1.29, 1.82) is 0 Å². The first kappa shape index (κ1) is 13.5. The van der Waals surface area contributed by atoms with Crippen LogP contribution < -0.4 is 10.3 Å². The summed E-state index contributed by atoms with van der Waals surface area (Å²) in [7, 11) is 0. The van der Waals surface area contributed by atoms with E-state index in [0.29, 0.717) is 17.9 Å². The fourth-order valence-corrected chi connectivity index (χ4v) is 2.55. The van der Waals surface area contributed by atoms with Crippen LogP contribution in [0.1, 0.15) is 6.92 Å². The van der Waals surface area contributed by atoms with E-state index in [1.165, 1.54) is 0 Å². The van der Waals surface area contributed by atoms with E-state index in [-0.39, 0.29) is 11.3 Å². The Bertz CT molecular complexity index is 1070. The molecule has 6 heteroatoms. The van der Waals surface area contributed by atoms with E-state index in [1.54, 1.807) is 0 Å². The van der Waals surface area contributed by atoms with Gasteiger partial charge in [0.25, 0.3) is 5.56 Å². The van der Waals surface area contributed by atoms with Crippen LogP contribution in [-0.4, -0.2) is 26.5 Å². The minimum absolute atomic E-state index is 0.271. The summed E-state index contributed by atoms with van der Waals surface area (Å²) in [5, 5.41) is 0. The molecule has 2 heterocycles. The molecule has 4 aromatic rings. The van der Waals surface area contributed by atoms with Gasteiger partial charge >= 0.3 is 0 Å². The van der Waals surface area contributed by atoms with Crippen LogP contribution in [0.3, 0.4) is 0 Å². The number of hydrogen-bond acceptors (Lipinski definition) is 4. The van der Waals surface area contributed by atoms with Gasteiger partial charge in [0.1, 0.15) is 5.75 Å². The number of ether oxygens (including phenoxy) is 1. The van der Waals surface area contributed by atoms with Gasteiger partial charge in [0.15, 0.2) is 11.5 Å². The topological polar surface area (TPSA) is 83.7 Å². The smallest absolute Gasteiger partial charge is 0.278 e. The highest BCUT2D eigenvalue weighted by Crippen LogP contribution is 2.22. The molecule has 0 aliphatic rings. The SMILES string of the molecule is CCOc1ccc2nc(-c3nc4ccccc4[nH]c3=O)[nH]c2c1. The molecule has 0 aliphatic carbocycles.